The molecular weight excluding hydrogens is 312 g/mol. The van der Waals surface area contributed by atoms with Crippen molar-refractivity contribution >= 4 is 11.7 Å². The monoisotopic (exact) mass is 344 g/mol. The molecule has 4 heteroatoms. The average molecular weight is 344 g/mol. The van der Waals surface area contributed by atoms with E-state index in [1.54, 1.807) is 0 Å². The molecule has 1 aromatic rings. The zero-order valence-electron chi connectivity index (χ0n) is 16.0. The Morgan fingerprint density at radius 3 is 2.48 bits per heavy atom. The number of aryl methyl sites for hydroxylation is 1. The van der Waals surface area contributed by atoms with Gasteiger partial charge in [0.2, 0.25) is 0 Å². The number of nitrogens with zero attached hydrogens (tertiary/aromatic N) is 2. The van der Waals surface area contributed by atoms with Crippen LogP contribution in [0.3, 0.4) is 0 Å². The van der Waals surface area contributed by atoms with E-state index in [1.807, 2.05) is 0 Å². The third kappa shape index (κ3) is 4.00. The smallest absolute Gasteiger partial charge is 0.312 e. The van der Waals surface area contributed by atoms with Gasteiger partial charge in [-0.25, -0.2) is 0 Å². The number of anilines is 1. The van der Waals surface area contributed by atoms with Crippen LogP contribution in [0.4, 0.5) is 5.69 Å². The molecule has 0 radical (unpaired) electrons. The van der Waals surface area contributed by atoms with Crippen LogP contribution >= 0.6 is 0 Å². The Kier molecular flexibility index (Phi) is 5.67. The van der Waals surface area contributed by atoms with E-state index < -0.39 is 0 Å². The minimum Gasteiger partial charge on any atom is -0.462 e. The standard InChI is InChI=1S/C21H32N2O2/c1-4-21(5-2)16-19(25-20(21)24)9-10-22-11-13-23(14-12-22)18-8-6-7-17(3)15-18/h6-8,15,19H,4-5,9-14,16H2,1-3H3. The molecule has 138 valence electrons. The molecule has 0 amide bonds. The number of benzene rings is 1. The summed E-state index contributed by atoms with van der Waals surface area (Å²) in [7, 11) is 0. The highest BCUT2D eigenvalue weighted by Crippen LogP contribution is 2.41. The lowest BCUT2D eigenvalue weighted by molar-refractivity contribution is -0.149. The fraction of sp³-hybridized carbons (Fsp3) is 0.667. The first-order chi connectivity index (χ1) is 12.1. The second kappa shape index (κ2) is 7.77. The number of hydrogen-bond donors (Lipinski definition) is 0. The van der Waals surface area contributed by atoms with Crippen LogP contribution in [0.15, 0.2) is 24.3 Å². The van der Waals surface area contributed by atoms with Crippen LogP contribution in [0.1, 0.15) is 45.1 Å². The van der Waals surface area contributed by atoms with Crippen LogP contribution in [-0.2, 0) is 9.53 Å². The molecule has 0 aromatic heterocycles. The van der Waals surface area contributed by atoms with Crippen molar-refractivity contribution in [3.05, 3.63) is 29.8 Å². The van der Waals surface area contributed by atoms with Crippen molar-refractivity contribution in [2.45, 2.75) is 52.6 Å². The van der Waals surface area contributed by atoms with Crippen molar-refractivity contribution in [2.24, 2.45) is 5.41 Å². The minimum atomic E-state index is -0.214. The molecule has 1 unspecified atom stereocenters. The lowest BCUT2D eigenvalue weighted by Crippen LogP contribution is -2.47. The fourth-order valence-electron chi connectivity index (χ4n) is 4.21. The Bertz CT molecular complexity index is 589. The molecule has 2 aliphatic rings. The molecule has 25 heavy (non-hydrogen) atoms. The quantitative estimate of drug-likeness (QED) is 0.738. The summed E-state index contributed by atoms with van der Waals surface area (Å²) in [4.78, 5) is 17.2. The van der Waals surface area contributed by atoms with E-state index in [4.69, 9.17) is 4.74 Å². The Hall–Kier alpha value is -1.55. The highest BCUT2D eigenvalue weighted by Gasteiger charge is 2.46. The Labute approximate surface area is 152 Å². The van der Waals surface area contributed by atoms with E-state index in [9.17, 15) is 4.79 Å². The molecule has 0 N–H and O–H groups in total. The second-order valence-electron chi connectivity index (χ2n) is 7.68. The summed E-state index contributed by atoms with van der Waals surface area (Å²) in [6.45, 7) is 11.7. The summed E-state index contributed by atoms with van der Waals surface area (Å²) in [6, 6.07) is 8.76. The van der Waals surface area contributed by atoms with Crippen molar-refractivity contribution in [1.82, 2.24) is 4.90 Å². The maximum atomic E-state index is 12.2. The number of hydrogen-bond acceptors (Lipinski definition) is 4. The SMILES string of the molecule is CCC1(CC)CC(CCN2CCN(c3cccc(C)c3)CC2)OC1=O. The van der Waals surface area contributed by atoms with Gasteiger partial charge in [-0.2, -0.15) is 0 Å². The Morgan fingerprint density at radius 2 is 1.88 bits per heavy atom. The first kappa shape index (κ1) is 18.2. The molecule has 1 aromatic carbocycles. The number of esters is 1. The van der Waals surface area contributed by atoms with Gasteiger partial charge in [-0.3, -0.25) is 9.69 Å². The van der Waals surface area contributed by atoms with Gasteiger partial charge in [-0.05, 0) is 43.9 Å². The van der Waals surface area contributed by atoms with Gasteiger partial charge in [-0.15, -0.1) is 0 Å². The van der Waals surface area contributed by atoms with Gasteiger partial charge in [0.15, 0.2) is 0 Å². The topological polar surface area (TPSA) is 32.8 Å². The highest BCUT2D eigenvalue weighted by atomic mass is 16.6. The summed E-state index contributed by atoms with van der Waals surface area (Å²) < 4.78 is 5.68. The second-order valence-corrected chi connectivity index (χ2v) is 7.68. The van der Waals surface area contributed by atoms with Crippen LogP contribution in [0.5, 0.6) is 0 Å². The summed E-state index contributed by atoms with van der Waals surface area (Å²) in [5.74, 6) is 0.0340. The normalized spacial score (nSPS) is 23.7. The van der Waals surface area contributed by atoms with Gasteiger partial charge in [0.25, 0.3) is 0 Å². The highest BCUT2D eigenvalue weighted by molar-refractivity contribution is 5.78. The first-order valence-corrected chi connectivity index (χ1v) is 9.81. The summed E-state index contributed by atoms with van der Waals surface area (Å²) >= 11 is 0. The number of rotatable bonds is 6. The molecule has 2 heterocycles. The number of piperazine rings is 1. The van der Waals surface area contributed by atoms with E-state index in [-0.39, 0.29) is 17.5 Å². The van der Waals surface area contributed by atoms with E-state index in [2.05, 4.69) is 54.8 Å². The lowest BCUT2D eigenvalue weighted by Gasteiger charge is -2.36. The third-order valence-electron chi connectivity index (χ3n) is 6.19. The van der Waals surface area contributed by atoms with E-state index in [0.717, 1.165) is 58.4 Å². The zero-order valence-corrected chi connectivity index (χ0v) is 16.0. The lowest BCUT2D eigenvalue weighted by atomic mass is 9.79. The predicted molar refractivity (Wildman–Crippen MR) is 102 cm³/mol. The largest absolute Gasteiger partial charge is 0.462 e. The number of ether oxygens (including phenoxy) is 1. The van der Waals surface area contributed by atoms with Gasteiger partial charge >= 0.3 is 5.97 Å². The third-order valence-corrected chi connectivity index (χ3v) is 6.19. The molecule has 0 spiro atoms. The zero-order chi connectivity index (χ0) is 17.9. The number of carbonyl (C=O) groups excluding carboxylic acids is 1. The molecule has 0 aliphatic carbocycles. The summed E-state index contributed by atoms with van der Waals surface area (Å²) in [5, 5.41) is 0. The molecule has 1 atom stereocenters. The van der Waals surface area contributed by atoms with Gasteiger partial charge in [0, 0.05) is 44.8 Å². The molecule has 2 fully saturated rings. The fourth-order valence-corrected chi connectivity index (χ4v) is 4.21. The first-order valence-electron chi connectivity index (χ1n) is 9.81. The van der Waals surface area contributed by atoms with E-state index >= 15 is 0 Å². The maximum Gasteiger partial charge on any atom is 0.312 e. The van der Waals surface area contributed by atoms with Crippen LogP contribution < -0.4 is 4.90 Å². The van der Waals surface area contributed by atoms with Gasteiger partial charge in [0.1, 0.15) is 6.10 Å². The van der Waals surface area contributed by atoms with Crippen molar-refractivity contribution in [3.8, 4) is 0 Å². The maximum absolute atomic E-state index is 12.2. The molecular formula is C21H32N2O2. The summed E-state index contributed by atoms with van der Waals surface area (Å²) in [5.41, 5.74) is 2.44. The Morgan fingerprint density at radius 1 is 1.16 bits per heavy atom. The molecule has 3 rings (SSSR count). The number of cyclic esters (lactones) is 1. The van der Waals surface area contributed by atoms with Gasteiger partial charge in [0.05, 0.1) is 5.41 Å². The average Bonchev–Trinajstić information content (AvgIpc) is 2.96. The predicted octanol–water partition coefficient (Wildman–Crippen LogP) is 3.63. The van der Waals surface area contributed by atoms with E-state index in [0.29, 0.717) is 0 Å². The number of carbonyl (C=O) groups is 1. The van der Waals surface area contributed by atoms with Gasteiger partial charge in [-0.1, -0.05) is 26.0 Å². The van der Waals surface area contributed by atoms with Crippen molar-refractivity contribution in [2.75, 3.05) is 37.6 Å². The minimum absolute atomic E-state index is 0.0340. The van der Waals surface area contributed by atoms with Crippen molar-refractivity contribution in [1.29, 1.82) is 0 Å². The molecule has 0 bridgehead atoms. The van der Waals surface area contributed by atoms with Crippen molar-refractivity contribution in [3.63, 3.8) is 0 Å². The van der Waals surface area contributed by atoms with Crippen LogP contribution in [0.25, 0.3) is 0 Å². The molecule has 0 saturated carbocycles. The molecule has 4 nitrogen and oxygen atoms in total. The van der Waals surface area contributed by atoms with Crippen LogP contribution in [0.2, 0.25) is 0 Å². The van der Waals surface area contributed by atoms with E-state index in [1.165, 1.54) is 11.3 Å². The molecule has 2 saturated heterocycles. The summed E-state index contributed by atoms with van der Waals surface area (Å²) in [6.07, 6.45) is 3.78. The van der Waals surface area contributed by atoms with Gasteiger partial charge < -0.3 is 9.64 Å². The Balaban J connectivity index is 1.45. The van der Waals surface area contributed by atoms with Crippen LogP contribution in [-0.4, -0.2) is 49.7 Å². The molecule has 2 aliphatic heterocycles. The van der Waals surface area contributed by atoms with Crippen LogP contribution in [0, 0.1) is 12.3 Å². The van der Waals surface area contributed by atoms with Crippen molar-refractivity contribution < 1.29 is 9.53 Å².